The summed E-state index contributed by atoms with van der Waals surface area (Å²) in [6.07, 6.45) is 2.14. The first-order valence-corrected chi connectivity index (χ1v) is 8.75. The first-order valence-electron chi connectivity index (χ1n) is 8.75. The molecule has 2 aromatic heterocycles. The number of hydrogen-bond acceptors (Lipinski definition) is 4. The highest BCUT2D eigenvalue weighted by Gasteiger charge is 2.26. The highest BCUT2D eigenvalue weighted by atomic mass is 16.5. The minimum atomic E-state index is -1.05. The second-order valence-corrected chi connectivity index (χ2v) is 6.39. The summed E-state index contributed by atoms with van der Waals surface area (Å²) in [5.74, 6) is -2.52. The lowest BCUT2D eigenvalue weighted by molar-refractivity contribution is -0.137. The molecule has 2 heterocycles. The van der Waals surface area contributed by atoms with Crippen LogP contribution in [0.15, 0.2) is 48.7 Å². The summed E-state index contributed by atoms with van der Waals surface area (Å²) in [6.45, 7) is 1.71. The van der Waals surface area contributed by atoms with Crippen LogP contribution in [0.4, 0.5) is 0 Å². The number of pyridine rings is 1. The monoisotopic (exact) mass is 380 g/mol. The Hall–Kier alpha value is -3.61. The van der Waals surface area contributed by atoms with Gasteiger partial charge < -0.3 is 20.0 Å². The summed E-state index contributed by atoms with van der Waals surface area (Å²) in [5, 5.41) is 8.83. The molecular weight excluding hydrogens is 360 g/mol. The van der Waals surface area contributed by atoms with E-state index in [0.29, 0.717) is 23.3 Å². The zero-order valence-corrected chi connectivity index (χ0v) is 15.3. The lowest BCUT2D eigenvalue weighted by Gasteiger charge is -2.09. The Labute approximate surface area is 161 Å². The number of carboxylic acid groups (broad SMARTS) is 1. The molecule has 0 aliphatic rings. The lowest BCUT2D eigenvalue weighted by Crippen LogP contribution is -2.23. The predicted octanol–water partition coefficient (Wildman–Crippen LogP) is 2.36. The molecule has 0 aliphatic heterocycles. The van der Waals surface area contributed by atoms with Gasteiger partial charge >= 0.3 is 5.97 Å². The van der Waals surface area contributed by atoms with E-state index in [1.54, 1.807) is 29.7 Å². The van der Waals surface area contributed by atoms with Crippen molar-refractivity contribution in [2.75, 3.05) is 6.61 Å². The third-order valence-corrected chi connectivity index (χ3v) is 4.53. The molecule has 0 aliphatic carbocycles. The third kappa shape index (κ3) is 3.73. The van der Waals surface area contributed by atoms with Crippen molar-refractivity contribution >= 4 is 23.2 Å². The molecule has 0 unspecified atom stereocenters. The summed E-state index contributed by atoms with van der Waals surface area (Å²) in [4.78, 5) is 34.9. The molecule has 0 spiro atoms. The summed E-state index contributed by atoms with van der Waals surface area (Å²) in [7, 11) is 0. The smallest absolute Gasteiger partial charge is 0.306 e. The van der Waals surface area contributed by atoms with Crippen LogP contribution in [0, 0.1) is 6.92 Å². The number of carbonyl (C=O) groups excluding carboxylic acids is 2. The summed E-state index contributed by atoms with van der Waals surface area (Å²) in [6, 6.07) is 13.1. The zero-order chi connectivity index (χ0) is 20.3. The van der Waals surface area contributed by atoms with E-state index in [9.17, 15) is 14.4 Å². The van der Waals surface area contributed by atoms with Crippen molar-refractivity contribution in [1.29, 1.82) is 0 Å². The van der Waals surface area contributed by atoms with Crippen LogP contribution < -0.4 is 10.5 Å². The van der Waals surface area contributed by atoms with E-state index in [0.717, 1.165) is 11.3 Å². The van der Waals surface area contributed by atoms with Crippen molar-refractivity contribution in [3.63, 3.8) is 0 Å². The number of rotatable bonds is 8. The van der Waals surface area contributed by atoms with Gasteiger partial charge in [0.15, 0.2) is 0 Å². The van der Waals surface area contributed by atoms with Crippen molar-refractivity contribution in [3.05, 3.63) is 71.0 Å². The molecule has 0 bridgehead atoms. The number of amides is 1. The van der Waals surface area contributed by atoms with Crippen molar-refractivity contribution in [2.24, 2.45) is 5.73 Å². The average Bonchev–Trinajstić information content (AvgIpc) is 2.94. The molecule has 0 saturated heterocycles. The number of fused-ring (bicyclic) bond motifs is 1. The number of primary amides is 1. The minimum absolute atomic E-state index is 0.0581. The minimum Gasteiger partial charge on any atom is -0.491 e. The number of Topliss-reactive ketones (excluding diaryl/α,β-unsaturated/α-hetero) is 1. The summed E-state index contributed by atoms with van der Waals surface area (Å²) in [5.41, 5.74) is 8.38. The number of nitrogens with two attached hydrogens (primary N) is 1. The van der Waals surface area contributed by atoms with Crippen LogP contribution in [-0.4, -0.2) is 33.8 Å². The number of carbonyl (C=O) groups is 3. The highest BCUT2D eigenvalue weighted by molar-refractivity contribution is 6.44. The number of carboxylic acids is 1. The fraction of sp³-hybridized carbons (Fsp3) is 0.190. The van der Waals surface area contributed by atoms with E-state index in [4.69, 9.17) is 15.6 Å². The van der Waals surface area contributed by atoms with Gasteiger partial charge in [-0.15, -0.1) is 0 Å². The van der Waals surface area contributed by atoms with Gasteiger partial charge in [0.05, 0.1) is 24.1 Å². The molecule has 7 heteroatoms. The molecule has 3 N–H and O–H groups in total. The average molecular weight is 380 g/mol. The first-order chi connectivity index (χ1) is 13.4. The number of aliphatic carboxylic acids is 1. The second-order valence-electron chi connectivity index (χ2n) is 6.39. The molecule has 3 aromatic rings. The van der Waals surface area contributed by atoms with Crippen LogP contribution in [0.2, 0.25) is 0 Å². The van der Waals surface area contributed by atoms with Gasteiger partial charge in [0.1, 0.15) is 5.75 Å². The topological polar surface area (TPSA) is 111 Å². The standard InChI is InChI=1S/C21H20N2O5/c1-13-15(12-14-6-3-2-4-7-14)23-10-5-8-16(28-11-9-17(24)25)19(23)18(13)20(26)21(22)27/h2-8,10H,9,11-12H2,1H3,(H2,22,27)(H,24,25). The Morgan fingerprint density at radius 3 is 2.46 bits per heavy atom. The van der Waals surface area contributed by atoms with Crippen molar-refractivity contribution in [3.8, 4) is 5.75 Å². The van der Waals surface area contributed by atoms with Gasteiger partial charge in [-0.1, -0.05) is 30.3 Å². The number of ketones is 1. The number of benzene rings is 1. The third-order valence-electron chi connectivity index (χ3n) is 4.53. The van der Waals surface area contributed by atoms with Gasteiger partial charge in [-0.05, 0) is 30.2 Å². The number of nitrogens with zero attached hydrogens (tertiary/aromatic N) is 1. The summed E-state index contributed by atoms with van der Waals surface area (Å²) < 4.78 is 7.41. The van der Waals surface area contributed by atoms with Gasteiger partial charge in [-0.25, -0.2) is 0 Å². The highest BCUT2D eigenvalue weighted by Crippen LogP contribution is 2.32. The lowest BCUT2D eigenvalue weighted by atomic mass is 10.0. The van der Waals surface area contributed by atoms with E-state index in [1.807, 2.05) is 30.3 Å². The Morgan fingerprint density at radius 1 is 1.11 bits per heavy atom. The molecule has 0 fully saturated rings. The van der Waals surface area contributed by atoms with Crippen LogP contribution in [-0.2, 0) is 16.0 Å². The van der Waals surface area contributed by atoms with E-state index in [1.165, 1.54) is 0 Å². The van der Waals surface area contributed by atoms with Crippen molar-refractivity contribution in [1.82, 2.24) is 4.40 Å². The van der Waals surface area contributed by atoms with E-state index < -0.39 is 17.7 Å². The molecule has 28 heavy (non-hydrogen) atoms. The normalized spacial score (nSPS) is 10.8. The Bertz CT molecular complexity index is 1050. The van der Waals surface area contributed by atoms with Crippen LogP contribution >= 0.6 is 0 Å². The molecule has 1 aromatic carbocycles. The van der Waals surface area contributed by atoms with Crippen LogP contribution in [0.3, 0.4) is 0 Å². The van der Waals surface area contributed by atoms with Crippen molar-refractivity contribution < 1.29 is 24.2 Å². The second kappa shape index (κ2) is 7.96. The van der Waals surface area contributed by atoms with Crippen LogP contribution in [0.5, 0.6) is 5.75 Å². The quantitative estimate of drug-likeness (QED) is 0.460. The maximum atomic E-state index is 12.5. The van der Waals surface area contributed by atoms with Gasteiger partial charge in [-0.3, -0.25) is 14.4 Å². The summed E-state index contributed by atoms with van der Waals surface area (Å²) >= 11 is 0. The molecule has 144 valence electrons. The SMILES string of the molecule is Cc1c(C(=O)C(N)=O)c2c(OCCC(=O)O)cccn2c1Cc1ccccc1. The molecule has 1 amide bonds. The molecule has 7 nitrogen and oxygen atoms in total. The maximum Gasteiger partial charge on any atom is 0.306 e. The fourth-order valence-corrected chi connectivity index (χ4v) is 3.23. The molecule has 0 atom stereocenters. The van der Waals surface area contributed by atoms with E-state index in [2.05, 4.69) is 0 Å². The van der Waals surface area contributed by atoms with Gasteiger partial charge in [-0.2, -0.15) is 0 Å². The predicted molar refractivity (Wildman–Crippen MR) is 103 cm³/mol. The van der Waals surface area contributed by atoms with Gasteiger partial charge in [0, 0.05) is 18.3 Å². The fourth-order valence-electron chi connectivity index (χ4n) is 3.23. The largest absolute Gasteiger partial charge is 0.491 e. The number of hydrogen-bond donors (Lipinski definition) is 2. The van der Waals surface area contributed by atoms with Gasteiger partial charge in [0.2, 0.25) is 0 Å². The Kier molecular flexibility index (Phi) is 5.44. The van der Waals surface area contributed by atoms with Crippen LogP contribution in [0.1, 0.15) is 33.6 Å². The van der Waals surface area contributed by atoms with Crippen molar-refractivity contribution in [2.45, 2.75) is 19.8 Å². The molecule has 0 saturated carbocycles. The molecule has 0 radical (unpaired) electrons. The zero-order valence-electron chi connectivity index (χ0n) is 15.3. The van der Waals surface area contributed by atoms with E-state index >= 15 is 0 Å². The number of aromatic nitrogens is 1. The van der Waals surface area contributed by atoms with E-state index in [-0.39, 0.29) is 18.6 Å². The number of ether oxygens (including phenoxy) is 1. The Morgan fingerprint density at radius 2 is 1.82 bits per heavy atom. The van der Waals surface area contributed by atoms with Gasteiger partial charge in [0.25, 0.3) is 11.7 Å². The maximum absolute atomic E-state index is 12.5. The first kappa shape index (κ1) is 19.2. The molecular formula is C21H20N2O5. The molecule has 3 rings (SSSR count). The van der Waals surface area contributed by atoms with Crippen LogP contribution in [0.25, 0.3) is 5.52 Å². The Balaban J connectivity index is 2.16.